The Morgan fingerprint density at radius 3 is 2.85 bits per heavy atom. The molecule has 0 aliphatic carbocycles. The number of carbonyl (C=O) groups excluding carboxylic acids is 1. The lowest BCUT2D eigenvalue weighted by atomic mass is 10.2. The number of benzene rings is 1. The Kier molecular flexibility index (Phi) is 5.25. The first kappa shape index (κ1) is 15.1. The summed E-state index contributed by atoms with van der Waals surface area (Å²) in [6.07, 6.45) is 1.96. The van der Waals surface area contributed by atoms with Crippen LogP contribution in [0.1, 0.15) is 19.8 Å². The highest BCUT2D eigenvalue weighted by Crippen LogP contribution is 2.27. The van der Waals surface area contributed by atoms with E-state index in [0.717, 1.165) is 26.1 Å². The molecule has 2 rings (SSSR count). The van der Waals surface area contributed by atoms with Gasteiger partial charge >= 0.3 is 0 Å². The average Bonchev–Trinajstić information content (AvgIpc) is 2.44. The van der Waals surface area contributed by atoms with Gasteiger partial charge in [0, 0.05) is 24.2 Å². The van der Waals surface area contributed by atoms with E-state index in [1.807, 2.05) is 6.92 Å². The number of nitrogens with one attached hydrogen (secondary N) is 1. The highest BCUT2D eigenvalue weighted by molar-refractivity contribution is 8.01. The van der Waals surface area contributed by atoms with E-state index in [1.54, 1.807) is 11.8 Å². The van der Waals surface area contributed by atoms with Crippen molar-refractivity contribution < 1.29 is 13.9 Å². The first-order chi connectivity index (χ1) is 9.56. The summed E-state index contributed by atoms with van der Waals surface area (Å²) < 4.78 is 18.3. The summed E-state index contributed by atoms with van der Waals surface area (Å²) >= 11 is 1.66. The van der Waals surface area contributed by atoms with Crippen LogP contribution in [-0.4, -0.2) is 29.6 Å². The number of ether oxygens (including phenoxy) is 1. The molecular formula is C14H19FN2O2S. The van der Waals surface area contributed by atoms with E-state index in [9.17, 15) is 9.18 Å². The average molecular weight is 298 g/mol. The van der Waals surface area contributed by atoms with Crippen LogP contribution >= 0.6 is 11.8 Å². The smallest absolute Gasteiger partial charge is 0.237 e. The van der Waals surface area contributed by atoms with Crippen LogP contribution in [0.25, 0.3) is 0 Å². The third-order valence-electron chi connectivity index (χ3n) is 3.20. The van der Waals surface area contributed by atoms with E-state index in [1.165, 1.54) is 18.2 Å². The van der Waals surface area contributed by atoms with Crippen LogP contribution in [0.3, 0.4) is 0 Å². The van der Waals surface area contributed by atoms with Crippen molar-refractivity contribution in [2.45, 2.75) is 30.3 Å². The van der Waals surface area contributed by atoms with Crippen LogP contribution < -0.4 is 11.1 Å². The Morgan fingerprint density at radius 2 is 2.20 bits per heavy atom. The Bertz CT molecular complexity index is 478. The van der Waals surface area contributed by atoms with E-state index in [0.29, 0.717) is 10.9 Å². The standard InChI is InChI=1S/C14H19FN2O2S/c1-9(20-11-4-6-19-7-5-11)14(18)17-10-2-3-12(15)13(16)8-10/h2-3,8-9,11H,4-7,16H2,1H3,(H,17,18). The number of hydrogen-bond donors (Lipinski definition) is 2. The first-order valence-corrected chi connectivity index (χ1v) is 7.59. The van der Waals surface area contributed by atoms with Crippen LogP contribution in [-0.2, 0) is 9.53 Å². The van der Waals surface area contributed by atoms with Gasteiger partial charge in [-0.3, -0.25) is 4.79 Å². The summed E-state index contributed by atoms with van der Waals surface area (Å²) in [4.78, 5) is 12.1. The number of amides is 1. The molecule has 0 aromatic heterocycles. The molecule has 0 bridgehead atoms. The lowest BCUT2D eigenvalue weighted by molar-refractivity contribution is -0.115. The number of halogens is 1. The normalized spacial score (nSPS) is 17.7. The molecule has 1 aromatic rings. The highest BCUT2D eigenvalue weighted by atomic mass is 32.2. The quantitative estimate of drug-likeness (QED) is 0.839. The summed E-state index contributed by atoms with van der Waals surface area (Å²) in [5, 5.41) is 3.06. The summed E-state index contributed by atoms with van der Waals surface area (Å²) in [6.45, 7) is 3.41. The second-order valence-corrected chi connectivity index (χ2v) is 6.46. The Balaban J connectivity index is 1.88. The number of nitrogens with two attached hydrogens (primary N) is 1. The van der Waals surface area contributed by atoms with Gasteiger partial charge in [0.1, 0.15) is 5.82 Å². The van der Waals surface area contributed by atoms with Crippen molar-refractivity contribution in [3.8, 4) is 0 Å². The molecule has 1 amide bonds. The molecule has 3 N–H and O–H groups in total. The predicted octanol–water partition coefficient (Wildman–Crippen LogP) is 2.65. The minimum atomic E-state index is -0.479. The zero-order chi connectivity index (χ0) is 14.5. The summed E-state index contributed by atoms with van der Waals surface area (Å²) in [6, 6.07) is 4.19. The maximum atomic E-state index is 13.1. The first-order valence-electron chi connectivity index (χ1n) is 6.65. The van der Waals surface area contributed by atoms with Crippen LogP contribution in [0, 0.1) is 5.82 Å². The highest BCUT2D eigenvalue weighted by Gasteiger charge is 2.21. The minimum Gasteiger partial charge on any atom is -0.396 e. The van der Waals surface area contributed by atoms with Gasteiger partial charge in [-0.2, -0.15) is 0 Å². The third-order valence-corrected chi connectivity index (χ3v) is 4.68. The molecule has 1 fully saturated rings. The van der Waals surface area contributed by atoms with Crippen molar-refractivity contribution in [3.05, 3.63) is 24.0 Å². The van der Waals surface area contributed by atoms with Gasteiger partial charge in [0.25, 0.3) is 0 Å². The maximum absolute atomic E-state index is 13.1. The molecule has 1 aliphatic heterocycles. The maximum Gasteiger partial charge on any atom is 0.237 e. The summed E-state index contributed by atoms with van der Waals surface area (Å²) in [5.74, 6) is -0.569. The fourth-order valence-electron chi connectivity index (χ4n) is 2.03. The fraction of sp³-hybridized carbons (Fsp3) is 0.500. The number of rotatable bonds is 4. The molecular weight excluding hydrogens is 279 g/mol. The summed E-state index contributed by atoms with van der Waals surface area (Å²) in [5.41, 5.74) is 6.03. The van der Waals surface area contributed by atoms with Gasteiger partial charge in [-0.1, -0.05) is 0 Å². The number of hydrogen-bond acceptors (Lipinski definition) is 4. The van der Waals surface area contributed by atoms with Crippen LogP contribution in [0.15, 0.2) is 18.2 Å². The number of nitrogen functional groups attached to an aromatic ring is 1. The second-order valence-electron chi connectivity index (χ2n) is 4.82. The molecule has 110 valence electrons. The summed E-state index contributed by atoms with van der Waals surface area (Å²) in [7, 11) is 0. The monoisotopic (exact) mass is 298 g/mol. The van der Waals surface area contributed by atoms with Crippen molar-refractivity contribution in [3.63, 3.8) is 0 Å². The van der Waals surface area contributed by atoms with Gasteiger partial charge < -0.3 is 15.8 Å². The zero-order valence-corrected chi connectivity index (χ0v) is 12.2. The molecule has 1 heterocycles. The van der Waals surface area contributed by atoms with Crippen molar-refractivity contribution >= 4 is 29.0 Å². The molecule has 1 saturated heterocycles. The molecule has 0 spiro atoms. The van der Waals surface area contributed by atoms with E-state index < -0.39 is 5.82 Å². The van der Waals surface area contributed by atoms with Gasteiger partial charge in [0.05, 0.1) is 10.9 Å². The van der Waals surface area contributed by atoms with Crippen molar-refractivity contribution in [1.82, 2.24) is 0 Å². The lowest BCUT2D eigenvalue weighted by Crippen LogP contribution is -2.27. The van der Waals surface area contributed by atoms with Crippen molar-refractivity contribution in [1.29, 1.82) is 0 Å². The molecule has 1 aliphatic rings. The van der Waals surface area contributed by atoms with Crippen LogP contribution in [0.5, 0.6) is 0 Å². The largest absolute Gasteiger partial charge is 0.396 e. The Labute approximate surface area is 122 Å². The molecule has 0 saturated carbocycles. The fourth-order valence-corrected chi connectivity index (χ4v) is 3.25. The van der Waals surface area contributed by atoms with Crippen molar-refractivity contribution in [2.24, 2.45) is 0 Å². The number of carbonyl (C=O) groups is 1. The van der Waals surface area contributed by atoms with E-state index >= 15 is 0 Å². The molecule has 1 aromatic carbocycles. The van der Waals surface area contributed by atoms with E-state index in [4.69, 9.17) is 10.5 Å². The molecule has 1 unspecified atom stereocenters. The molecule has 0 radical (unpaired) electrons. The van der Waals surface area contributed by atoms with E-state index in [-0.39, 0.29) is 16.8 Å². The van der Waals surface area contributed by atoms with Crippen LogP contribution in [0.4, 0.5) is 15.8 Å². The van der Waals surface area contributed by atoms with Gasteiger partial charge in [-0.25, -0.2) is 4.39 Å². The minimum absolute atomic E-state index is 0.0348. The van der Waals surface area contributed by atoms with E-state index in [2.05, 4.69) is 5.32 Å². The number of anilines is 2. The van der Waals surface area contributed by atoms with Crippen molar-refractivity contribution in [2.75, 3.05) is 24.3 Å². The number of thioether (sulfide) groups is 1. The topological polar surface area (TPSA) is 64.3 Å². The predicted molar refractivity (Wildman–Crippen MR) is 80.3 cm³/mol. The van der Waals surface area contributed by atoms with Gasteiger partial charge in [-0.05, 0) is 38.0 Å². The molecule has 4 nitrogen and oxygen atoms in total. The Hall–Kier alpha value is -1.27. The zero-order valence-electron chi connectivity index (χ0n) is 11.4. The van der Waals surface area contributed by atoms with Crippen LogP contribution in [0.2, 0.25) is 0 Å². The third kappa shape index (κ3) is 4.11. The second kappa shape index (κ2) is 6.95. The van der Waals surface area contributed by atoms with Gasteiger partial charge in [0.2, 0.25) is 5.91 Å². The van der Waals surface area contributed by atoms with Gasteiger partial charge in [0.15, 0.2) is 0 Å². The Morgan fingerprint density at radius 1 is 1.50 bits per heavy atom. The molecule has 20 heavy (non-hydrogen) atoms. The lowest BCUT2D eigenvalue weighted by Gasteiger charge is -2.24. The molecule has 6 heteroatoms. The SMILES string of the molecule is CC(SC1CCOCC1)C(=O)Nc1ccc(F)c(N)c1. The van der Waals surface area contributed by atoms with Gasteiger partial charge in [-0.15, -0.1) is 11.8 Å². The molecule has 1 atom stereocenters.